The Labute approximate surface area is 187 Å². The number of allylic oxidation sites excluding steroid dienone is 2. The summed E-state index contributed by atoms with van der Waals surface area (Å²) < 4.78 is 0. The summed E-state index contributed by atoms with van der Waals surface area (Å²) in [6, 6.07) is 14.3. The van der Waals surface area contributed by atoms with Gasteiger partial charge in [0.1, 0.15) is 6.07 Å². The van der Waals surface area contributed by atoms with Crippen LogP contribution in [0.2, 0.25) is 0 Å². The number of pyridine rings is 1. The highest BCUT2D eigenvalue weighted by atomic mass is 16.1. The van der Waals surface area contributed by atoms with Gasteiger partial charge >= 0.3 is 0 Å². The first-order valence-electron chi connectivity index (χ1n) is 11.0. The van der Waals surface area contributed by atoms with Crippen molar-refractivity contribution in [3.8, 4) is 28.7 Å². The van der Waals surface area contributed by atoms with Gasteiger partial charge in [0.25, 0.3) is 0 Å². The molecule has 158 valence electrons. The monoisotopic (exact) mass is 420 g/mol. The molecule has 0 fully saturated rings. The van der Waals surface area contributed by atoms with Crippen LogP contribution in [-0.2, 0) is 16.6 Å². The van der Waals surface area contributed by atoms with Crippen molar-refractivity contribution < 1.29 is 4.79 Å². The van der Waals surface area contributed by atoms with E-state index in [-0.39, 0.29) is 23.2 Å². The quantitative estimate of drug-likeness (QED) is 0.583. The average Bonchev–Trinajstić information content (AvgIpc) is 2.82. The molecule has 0 unspecified atom stereocenters. The fourth-order valence-corrected chi connectivity index (χ4v) is 5.35. The summed E-state index contributed by atoms with van der Waals surface area (Å²) in [4.78, 5) is 26.9. The second-order valence-corrected chi connectivity index (χ2v) is 9.08. The predicted molar refractivity (Wildman–Crippen MR) is 122 cm³/mol. The van der Waals surface area contributed by atoms with Gasteiger partial charge in [0.2, 0.25) is 0 Å². The Morgan fingerprint density at radius 1 is 1.06 bits per heavy atom. The van der Waals surface area contributed by atoms with E-state index < -0.39 is 5.41 Å². The molecule has 0 spiro atoms. The lowest BCUT2D eigenvalue weighted by Crippen LogP contribution is -2.46. The van der Waals surface area contributed by atoms with Crippen molar-refractivity contribution in [2.45, 2.75) is 39.0 Å². The second kappa shape index (κ2) is 7.49. The van der Waals surface area contributed by atoms with Crippen molar-refractivity contribution in [3.05, 3.63) is 77.3 Å². The number of aromatic nitrogens is 3. The Balaban J connectivity index is 1.81. The van der Waals surface area contributed by atoms with Crippen LogP contribution in [0.4, 0.5) is 0 Å². The van der Waals surface area contributed by atoms with Crippen molar-refractivity contribution in [2.24, 2.45) is 11.8 Å². The summed E-state index contributed by atoms with van der Waals surface area (Å²) in [6.45, 7) is 6.15. The highest BCUT2D eigenvalue weighted by Crippen LogP contribution is 2.50. The zero-order valence-corrected chi connectivity index (χ0v) is 18.5. The summed E-state index contributed by atoms with van der Waals surface area (Å²) in [6.07, 6.45) is 7.01. The molecule has 0 saturated heterocycles. The number of carbonyl (C=O) groups is 1. The Morgan fingerprint density at radius 2 is 1.78 bits per heavy atom. The third-order valence-corrected chi connectivity index (χ3v) is 7.10. The number of ketones is 1. The number of carbonyl (C=O) groups excluding carboxylic acids is 1. The lowest BCUT2D eigenvalue weighted by molar-refractivity contribution is -0.121. The first-order valence-corrected chi connectivity index (χ1v) is 11.0. The number of aryl methyl sites for hydroxylation is 1. The van der Waals surface area contributed by atoms with Crippen LogP contribution in [0.5, 0.6) is 0 Å². The van der Waals surface area contributed by atoms with Crippen molar-refractivity contribution in [1.82, 2.24) is 15.0 Å². The van der Waals surface area contributed by atoms with Crippen molar-refractivity contribution in [1.29, 1.82) is 5.26 Å². The van der Waals surface area contributed by atoms with Gasteiger partial charge in [-0.1, -0.05) is 49.8 Å². The normalized spacial score (nSPS) is 24.2. The zero-order valence-electron chi connectivity index (χ0n) is 18.5. The molecule has 32 heavy (non-hydrogen) atoms. The molecule has 0 N–H and O–H groups in total. The number of nitrogens with zero attached hydrogens (tertiary/aromatic N) is 4. The fraction of sp³-hybridized carbons (Fsp3) is 0.296. The van der Waals surface area contributed by atoms with E-state index >= 15 is 0 Å². The zero-order chi connectivity index (χ0) is 22.5. The molecule has 2 aliphatic carbocycles. The van der Waals surface area contributed by atoms with Gasteiger partial charge in [0.15, 0.2) is 11.6 Å². The number of nitriles is 1. The molecule has 3 aromatic rings. The van der Waals surface area contributed by atoms with Gasteiger partial charge in [-0.2, -0.15) is 5.26 Å². The molecular formula is C27H24N4O. The van der Waals surface area contributed by atoms with Crippen LogP contribution in [0.1, 0.15) is 37.1 Å². The van der Waals surface area contributed by atoms with Crippen LogP contribution in [0, 0.1) is 30.1 Å². The number of rotatable bonds is 2. The molecule has 0 bridgehead atoms. The minimum absolute atomic E-state index is 0.0550. The number of hydrogen-bond donors (Lipinski definition) is 0. The third-order valence-electron chi connectivity index (χ3n) is 7.10. The molecule has 2 heterocycles. The summed E-state index contributed by atoms with van der Waals surface area (Å²) in [5.41, 5.74) is 5.85. The SMILES string of the molecule is Cc1ccc(-c2nc(-c3ccncc3)nc3c2CC[C@@H]2[C@@H](C)C(=O)C(C#N)=C[C@@]32C)cc1. The highest BCUT2D eigenvalue weighted by molar-refractivity contribution is 6.02. The second-order valence-electron chi connectivity index (χ2n) is 9.08. The molecule has 2 aliphatic rings. The Morgan fingerprint density at radius 3 is 2.47 bits per heavy atom. The first kappa shape index (κ1) is 20.3. The first-order chi connectivity index (χ1) is 15.4. The Bertz CT molecular complexity index is 1290. The molecule has 3 atom stereocenters. The maximum atomic E-state index is 12.7. The Hall–Kier alpha value is -3.65. The van der Waals surface area contributed by atoms with Crippen LogP contribution in [0.25, 0.3) is 22.6 Å². The summed E-state index contributed by atoms with van der Waals surface area (Å²) in [5, 5.41) is 9.64. The van der Waals surface area contributed by atoms with Crippen molar-refractivity contribution in [3.63, 3.8) is 0 Å². The molecule has 2 aromatic heterocycles. The maximum absolute atomic E-state index is 12.7. The van der Waals surface area contributed by atoms with Crippen LogP contribution < -0.4 is 0 Å². The molecule has 5 nitrogen and oxygen atoms in total. The van der Waals surface area contributed by atoms with Gasteiger partial charge in [-0.25, -0.2) is 9.97 Å². The smallest absolute Gasteiger partial charge is 0.176 e. The van der Waals surface area contributed by atoms with Gasteiger partial charge in [-0.05, 0) is 37.8 Å². The summed E-state index contributed by atoms with van der Waals surface area (Å²) in [5.74, 6) is 0.473. The van der Waals surface area contributed by atoms with E-state index in [0.29, 0.717) is 5.82 Å². The van der Waals surface area contributed by atoms with E-state index in [1.54, 1.807) is 12.4 Å². The van der Waals surface area contributed by atoms with E-state index in [1.165, 1.54) is 5.56 Å². The molecule has 0 radical (unpaired) electrons. The molecule has 0 amide bonds. The molecule has 0 aliphatic heterocycles. The lowest BCUT2D eigenvalue weighted by atomic mass is 9.57. The van der Waals surface area contributed by atoms with Gasteiger partial charge < -0.3 is 0 Å². The summed E-state index contributed by atoms with van der Waals surface area (Å²) >= 11 is 0. The van der Waals surface area contributed by atoms with E-state index in [1.807, 2.05) is 25.1 Å². The van der Waals surface area contributed by atoms with E-state index in [0.717, 1.165) is 40.9 Å². The van der Waals surface area contributed by atoms with Crippen LogP contribution >= 0.6 is 0 Å². The van der Waals surface area contributed by atoms with E-state index in [2.05, 4.69) is 49.2 Å². The lowest BCUT2D eigenvalue weighted by Gasteiger charge is -2.45. The van der Waals surface area contributed by atoms with Crippen LogP contribution in [-0.4, -0.2) is 20.7 Å². The van der Waals surface area contributed by atoms with Crippen LogP contribution in [0.15, 0.2) is 60.4 Å². The van der Waals surface area contributed by atoms with Gasteiger partial charge in [-0.15, -0.1) is 0 Å². The minimum atomic E-state index is -0.504. The number of Topliss-reactive ketones (excluding diaryl/α,β-unsaturated/α-hetero) is 1. The standard InChI is InChI=1S/C27H24N4O/c1-16-4-6-18(7-5-16)23-21-8-9-22-17(2)24(32)20(15-28)14-27(22,3)25(21)31-26(30-23)19-10-12-29-13-11-19/h4-7,10-14,17,22H,8-9H2,1-3H3/t17-,22-,27-/m1/s1. The average molecular weight is 421 g/mol. The number of hydrogen-bond acceptors (Lipinski definition) is 5. The molecule has 1 aromatic carbocycles. The largest absolute Gasteiger partial charge is 0.293 e. The van der Waals surface area contributed by atoms with Crippen molar-refractivity contribution in [2.75, 3.05) is 0 Å². The molecule has 0 saturated carbocycles. The maximum Gasteiger partial charge on any atom is 0.176 e. The van der Waals surface area contributed by atoms with Gasteiger partial charge in [-0.3, -0.25) is 9.78 Å². The van der Waals surface area contributed by atoms with Crippen molar-refractivity contribution >= 4 is 5.78 Å². The molecule has 5 rings (SSSR count). The summed E-state index contributed by atoms with van der Waals surface area (Å²) in [7, 11) is 0. The van der Waals surface area contributed by atoms with Gasteiger partial charge in [0.05, 0.1) is 17.0 Å². The molecular weight excluding hydrogens is 396 g/mol. The third kappa shape index (κ3) is 3.06. The minimum Gasteiger partial charge on any atom is -0.293 e. The molecule has 5 heteroatoms. The predicted octanol–water partition coefficient (Wildman–Crippen LogP) is 5.00. The van der Waals surface area contributed by atoms with E-state index in [9.17, 15) is 10.1 Å². The topological polar surface area (TPSA) is 79.5 Å². The van der Waals surface area contributed by atoms with E-state index in [4.69, 9.17) is 9.97 Å². The fourth-order valence-electron chi connectivity index (χ4n) is 5.35. The number of fused-ring (bicyclic) bond motifs is 3. The Kier molecular flexibility index (Phi) is 4.74. The van der Waals surface area contributed by atoms with Gasteiger partial charge in [0, 0.05) is 40.4 Å². The van der Waals surface area contributed by atoms with Crippen LogP contribution in [0.3, 0.4) is 0 Å². The highest BCUT2D eigenvalue weighted by Gasteiger charge is 2.49. The number of benzene rings is 1.